The Kier molecular flexibility index (Phi) is 6.00. The van der Waals surface area contributed by atoms with Crippen molar-refractivity contribution >= 4 is 29.1 Å². The molecule has 2 amide bonds. The smallest absolute Gasteiger partial charge is 0.258 e. The lowest BCUT2D eigenvalue weighted by Gasteiger charge is -2.29. The van der Waals surface area contributed by atoms with Crippen molar-refractivity contribution in [2.75, 3.05) is 11.4 Å². The van der Waals surface area contributed by atoms with Crippen molar-refractivity contribution in [1.82, 2.24) is 10.3 Å². The summed E-state index contributed by atoms with van der Waals surface area (Å²) in [5, 5.41) is 3.40. The van der Waals surface area contributed by atoms with E-state index in [1.165, 1.54) is 24.3 Å². The minimum atomic E-state index is -0.391. The van der Waals surface area contributed by atoms with E-state index < -0.39 is 5.82 Å². The second-order valence-corrected chi connectivity index (χ2v) is 7.91. The van der Waals surface area contributed by atoms with E-state index >= 15 is 0 Å². The summed E-state index contributed by atoms with van der Waals surface area (Å²) in [6, 6.07) is 15.6. The van der Waals surface area contributed by atoms with Crippen LogP contribution in [0.5, 0.6) is 0 Å². The number of carbonyl (C=O) groups is 2. The third kappa shape index (κ3) is 4.59. The van der Waals surface area contributed by atoms with Crippen LogP contribution in [0.4, 0.5) is 10.1 Å². The van der Waals surface area contributed by atoms with Crippen LogP contribution in [0.25, 0.3) is 0 Å². The Hall–Kier alpha value is -3.25. The first kappa shape index (κ1) is 21.0. The molecule has 0 fully saturated rings. The highest BCUT2D eigenvalue weighted by Crippen LogP contribution is 2.29. The van der Waals surface area contributed by atoms with E-state index in [1.807, 2.05) is 19.1 Å². The summed E-state index contributed by atoms with van der Waals surface area (Å²) >= 11 is 6.04. The predicted molar refractivity (Wildman–Crippen MR) is 118 cm³/mol. The Morgan fingerprint density at radius 1 is 1.10 bits per heavy atom. The van der Waals surface area contributed by atoms with Gasteiger partial charge in [0.05, 0.1) is 23.1 Å². The molecule has 1 N–H and O–H groups in total. The van der Waals surface area contributed by atoms with Crippen molar-refractivity contribution in [3.8, 4) is 0 Å². The Morgan fingerprint density at radius 3 is 2.61 bits per heavy atom. The van der Waals surface area contributed by atoms with Crippen LogP contribution < -0.4 is 10.2 Å². The molecule has 0 bridgehead atoms. The molecule has 1 aromatic heterocycles. The molecule has 7 heteroatoms. The first-order valence-corrected chi connectivity index (χ1v) is 10.4. The summed E-state index contributed by atoms with van der Waals surface area (Å²) in [6.45, 7) is 2.45. The summed E-state index contributed by atoms with van der Waals surface area (Å²) in [6.07, 6.45) is 1.55. The zero-order valence-electron chi connectivity index (χ0n) is 16.9. The van der Waals surface area contributed by atoms with Gasteiger partial charge >= 0.3 is 0 Å². The summed E-state index contributed by atoms with van der Waals surface area (Å²) in [5.41, 5.74) is 3.21. The van der Waals surface area contributed by atoms with E-state index in [0.29, 0.717) is 28.4 Å². The number of pyridine rings is 1. The van der Waals surface area contributed by atoms with Crippen molar-refractivity contribution in [1.29, 1.82) is 0 Å². The fourth-order valence-electron chi connectivity index (χ4n) is 3.65. The van der Waals surface area contributed by atoms with Gasteiger partial charge in [0, 0.05) is 22.7 Å². The summed E-state index contributed by atoms with van der Waals surface area (Å²) < 4.78 is 13.1. The number of nitrogens with one attached hydrogen (secondary N) is 1. The maximum Gasteiger partial charge on any atom is 0.258 e. The second-order valence-electron chi connectivity index (χ2n) is 7.47. The molecule has 0 saturated carbocycles. The topological polar surface area (TPSA) is 62.3 Å². The van der Waals surface area contributed by atoms with Crippen LogP contribution in [-0.4, -0.2) is 23.3 Å². The molecule has 3 aromatic rings. The molecule has 1 atom stereocenters. The molecule has 31 heavy (non-hydrogen) atoms. The number of rotatable bonds is 4. The number of aryl methyl sites for hydroxylation is 1. The molecular weight excluding hydrogens is 417 g/mol. The molecule has 5 nitrogen and oxygen atoms in total. The maximum atomic E-state index is 13.1. The quantitative estimate of drug-likeness (QED) is 0.627. The molecule has 1 unspecified atom stereocenters. The van der Waals surface area contributed by atoms with Crippen molar-refractivity contribution < 1.29 is 14.0 Å². The van der Waals surface area contributed by atoms with Gasteiger partial charge in [-0.15, -0.1) is 0 Å². The number of hydrogen-bond acceptors (Lipinski definition) is 3. The molecule has 1 aliphatic rings. The molecule has 0 saturated heterocycles. The number of benzene rings is 2. The van der Waals surface area contributed by atoms with Gasteiger partial charge in [-0.25, -0.2) is 4.39 Å². The van der Waals surface area contributed by atoms with E-state index in [9.17, 15) is 14.0 Å². The van der Waals surface area contributed by atoms with Gasteiger partial charge in [-0.3, -0.25) is 14.6 Å². The van der Waals surface area contributed by atoms with Crippen LogP contribution in [0.3, 0.4) is 0 Å². The molecule has 2 aromatic carbocycles. The normalized spacial score (nSPS) is 14.0. The van der Waals surface area contributed by atoms with Crippen LogP contribution in [0.15, 0.2) is 60.7 Å². The SMILES string of the molecule is CC(NC(=O)c1ccc(F)cc1)c1ccc2c(n1)CCCN2C(=O)c1cccc(Cl)c1. The molecule has 158 valence electrons. The van der Waals surface area contributed by atoms with E-state index in [2.05, 4.69) is 5.32 Å². The van der Waals surface area contributed by atoms with Crippen LogP contribution in [0, 0.1) is 5.82 Å². The van der Waals surface area contributed by atoms with Crippen molar-refractivity contribution in [2.24, 2.45) is 0 Å². The standard InChI is InChI=1S/C24H21ClFN3O2/c1-15(27-23(30)16-7-9-19(26)10-8-16)20-11-12-22-21(28-20)6-3-13-29(22)24(31)17-4-2-5-18(25)14-17/h2,4-5,7-12,14-15H,3,6,13H2,1H3,(H,27,30). The van der Waals surface area contributed by atoms with Crippen LogP contribution >= 0.6 is 11.6 Å². The van der Waals surface area contributed by atoms with Crippen LogP contribution in [0.2, 0.25) is 5.02 Å². The van der Waals surface area contributed by atoms with E-state index in [0.717, 1.165) is 24.2 Å². The molecule has 0 spiro atoms. The number of fused-ring (bicyclic) bond motifs is 1. The number of amides is 2. The maximum absolute atomic E-state index is 13.1. The van der Waals surface area contributed by atoms with E-state index in [4.69, 9.17) is 16.6 Å². The van der Waals surface area contributed by atoms with E-state index in [-0.39, 0.29) is 17.9 Å². The fourth-order valence-corrected chi connectivity index (χ4v) is 3.84. The average molecular weight is 438 g/mol. The molecule has 1 aliphatic heterocycles. The fraction of sp³-hybridized carbons (Fsp3) is 0.208. The molecule has 0 aliphatic carbocycles. The lowest BCUT2D eigenvalue weighted by molar-refractivity contribution is 0.0938. The molecular formula is C24H21ClFN3O2. The number of halogens is 2. The minimum absolute atomic E-state index is 0.115. The zero-order valence-corrected chi connectivity index (χ0v) is 17.7. The van der Waals surface area contributed by atoms with Gasteiger partial charge in [-0.05, 0) is 74.4 Å². The molecule has 2 heterocycles. The van der Waals surface area contributed by atoms with Crippen molar-refractivity contribution in [3.05, 3.63) is 94.0 Å². The van der Waals surface area contributed by atoms with Gasteiger partial charge in [-0.2, -0.15) is 0 Å². The third-order valence-electron chi connectivity index (χ3n) is 5.27. The number of nitrogens with zero attached hydrogens (tertiary/aromatic N) is 2. The number of anilines is 1. The van der Waals surface area contributed by atoms with Crippen molar-refractivity contribution in [3.63, 3.8) is 0 Å². The first-order chi connectivity index (χ1) is 14.9. The van der Waals surface area contributed by atoms with Crippen molar-refractivity contribution in [2.45, 2.75) is 25.8 Å². The summed E-state index contributed by atoms with van der Waals surface area (Å²) in [5.74, 6) is -0.807. The van der Waals surface area contributed by atoms with Gasteiger partial charge in [0.2, 0.25) is 0 Å². The van der Waals surface area contributed by atoms with Gasteiger partial charge in [0.15, 0.2) is 0 Å². The number of hydrogen-bond donors (Lipinski definition) is 1. The number of aromatic nitrogens is 1. The van der Waals surface area contributed by atoms with Gasteiger partial charge in [0.25, 0.3) is 11.8 Å². The predicted octanol–water partition coefficient (Wildman–Crippen LogP) is 4.96. The van der Waals surface area contributed by atoms with Gasteiger partial charge < -0.3 is 10.2 Å². The Morgan fingerprint density at radius 2 is 1.87 bits per heavy atom. The highest BCUT2D eigenvalue weighted by atomic mass is 35.5. The zero-order chi connectivity index (χ0) is 22.0. The van der Waals surface area contributed by atoms with Gasteiger partial charge in [-0.1, -0.05) is 17.7 Å². The van der Waals surface area contributed by atoms with Crippen LogP contribution in [-0.2, 0) is 6.42 Å². The monoisotopic (exact) mass is 437 g/mol. The average Bonchev–Trinajstić information content (AvgIpc) is 2.78. The lowest BCUT2D eigenvalue weighted by Crippen LogP contribution is -2.36. The Bertz CT molecular complexity index is 1130. The highest BCUT2D eigenvalue weighted by Gasteiger charge is 2.25. The van der Waals surface area contributed by atoms with Gasteiger partial charge in [0.1, 0.15) is 5.82 Å². The van der Waals surface area contributed by atoms with E-state index in [1.54, 1.807) is 29.2 Å². The second kappa shape index (κ2) is 8.86. The summed E-state index contributed by atoms with van der Waals surface area (Å²) in [7, 11) is 0. The largest absolute Gasteiger partial charge is 0.344 e. The summed E-state index contributed by atoms with van der Waals surface area (Å²) in [4.78, 5) is 31.9. The lowest BCUT2D eigenvalue weighted by atomic mass is 10.0. The highest BCUT2D eigenvalue weighted by molar-refractivity contribution is 6.31. The molecule has 4 rings (SSSR count). The molecule has 0 radical (unpaired) electrons. The Labute approximate surface area is 184 Å². The Balaban J connectivity index is 1.53. The minimum Gasteiger partial charge on any atom is -0.344 e. The number of carbonyl (C=O) groups excluding carboxylic acids is 2. The first-order valence-electron chi connectivity index (χ1n) is 10.1. The third-order valence-corrected chi connectivity index (χ3v) is 5.51. The van der Waals surface area contributed by atoms with Crippen LogP contribution in [0.1, 0.15) is 51.5 Å².